The van der Waals surface area contributed by atoms with E-state index in [2.05, 4.69) is 33.4 Å². The lowest BCUT2D eigenvalue weighted by Crippen LogP contribution is -2.48. The molecule has 1 aliphatic rings. The van der Waals surface area contributed by atoms with Gasteiger partial charge in [-0.1, -0.05) is 36.4 Å². The van der Waals surface area contributed by atoms with Crippen molar-refractivity contribution in [3.05, 3.63) is 42.5 Å². The molecule has 6 nitrogen and oxygen atoms in total. The van der Waals surface area contributed by atoms with Crippen molar-refractivity contribution in [2.75, 3.05) is 33.3 Å². The lowest BCUT2D eigenvalue weighted by Gasteiger charge is -2.34. The molecule has 7 heteroatoms. The first kappa shape index (κ1) is 22.3. The quantitative estimate of drug-likeness (QED) is 0.279. The number of piperidine rings is 1. The van der Waals surface area contributed by atoms with Crippen LogP contribution in [-0.4, -0.2) is 50.1 Å². The number of rotatable bonds is 6. The van der Waals surface area contributed by atoms with Gasteiger partial charge in [0.05, 0.1) is 6.54 Å². The van der Waals surface area contributed by atoms with Crippen molar-refractivity contribution in [2.24, 2.45) is 16.6 Å². The van der Waals surface area contributed by atoms with Crippen LogP contribution >= 0.6 is 24.0 Å². The van der Waals surface area contributed by atoms with Crippen molar-refractivity contribution in [3.63, 3.8) is 0 Å². The zero-order valence-electron chi connectivity index (χ0n) is 16.3. The van der Waals surface area contributed by atoms with Gasteiger partial charge in [-0.3, -0.25) is 9.79 Å². The molecule has 2 aromatic carbocycles. The van der Waals surface area contributed by atoms with Crippen LogP contribution in [0.2, 0.25) is 0 Å². The zero-order chi connectivity index (χ0) is 19.1. The average Bonchev–Trinajstić information content (AvgIpc) is 2.68. The van der Waals surface area contributed by atoms with Gasteiger partial charge in [-0.05, 0) is 30.2 Å². The summed E-state index contributed by atoms with van der Waals surface area (Å²) in [5, 5.41) is 5.66. The molecule has 2 aromatic rings. The molecule has 0 spiro atoms. The number of nitrogens with two attached hydrogens (primary N) is 1. The Kier molecular flexibility index (Phi) is 8.82. The summed E-state index contributed by atoms with van der Waals surface area (Å²) in [5.74, 6) is 1.82. The van der Waals surface area contributed by atoms with Gasteiger partial charge in [-0.2, -0.15) is 0 Å². The van der Waals surface area contributed by atoms with Crippen LogP contribution in [0, 0.1) is 5.92 Å². The predicted octanol–water partition coefficient (Wildman–Crippen LogP) is 3.00. The third-order valence-corrected chi connectivity index (χ3v) is 4.91. The highest BCUT2D eigenvalue weighted by molar-refractivity contribution is 14.0. The summed E-state index contributed by atoms with van der Waals surface area (Å²) in [6, 6.07) is 14.3. The standard InChI is InChI=1S/C21H28N4O2.HI/c1-23-21(25-12-5-6-16(15-25)14-20(22)26)24-11-13-27-19-10-4-8-17-7-2-3-9-18(17)19;/h2-4,7-10,16H,5-6,11-15H2,1H3,(H2,22,26)(H,23,24);1H. The van der Waals surface area contributed by atoms with Gasteiger partial charge in [0, 0.05) is 31.9 Å². The van der Waals surface area contributed by atoms with E-state index in [9.17, 15) is 4.79 Å². The minimum absolute atomic E-state index is 0. The summed E-state index contributed by atoms with van der Waals surface area (Å²) in [5.41, 5.74) is 5.35. The van der Waals surface area contributed by atoms with Crippen molar-refractivity contribution >= 4 is 46.6 Å². The van der Waals surface area contributed by atoms with Crippen LogP contribution in [0.4, 0.5) is 0 Å². The lowest BCUT2D eigenvalue weighted by atomic mass is 9.95. The number of carbonyl (C=O) groups is 1. The predicted molar refractivity (Wildman–Crippen MR) is 124 cm³/mol. The largest absolute Gasteiger partial charge is 0.491 e. The van der Waals surface area contributed by atoms with E-state index < -0.39 is 0 Å². The summed E-state index contributed by atoms with van der Waals surface area (Å²) in [7, 11) is 1.78. The van der Waals surface area contributed by atoms with Crippen LogP contribution < -0.4 is 15.8 Å². The van der Waals surface area contributed by atoms with Gasteiger partial charge in [-0.15, -0.1) is 24.0 Å². The average molecular weight is 496 g/mol. The third-order valence-electron chi connectivity index (χ3n) is 4.91. The normalized spacial score (nSPS) is 17.1. The van der Waals surface area contributed by atoms with Gasteiger partial charge in [0.15, 0.2) is 5.96 Å². The number of hydrogen-bond acceptors (Lipinski definition) is 3. The first-order valence-electron chi connectivity index (χ1n) is 9.52. The van der Waals surface area contributed by atoms with Crippen molar-refractivity contribution in [1.29, 1.82) is 0 Å². The number of benzene rings is 2. The maximum absolute atomic E-state index is 11.2. The van der Waals surface area contributed by atoms with E-state index in [0.717, 1.165) is 43.0 Å². The van der Waals surface area contributed by atoms with E-state index in [4.69, 9.17) is 10.5 Å². The molecule has 1 saturated heterocycles. The van der Waals surface area contributed by atoms with Crippen molar-refractivity contribution < 1.29 is 9.53 Å². The Labute approximate surface area is 183 Å². The summed E-state index contributed by atoms with van der Waals surface area (Å²) >= 11 is 0. The minimum atomic E-state index is -0.228. The van der Waals surface area contributed by atoms with Gasteiger partial charge >= 0.3 is 0 Å². The minimum Gasteiger partial charge on any atom is -0.491 e. The maximum Gasteiger partial charge on any atom is 0.217 e. The Balaban J connectivity index is 0.00000280. The maximum atomic E-state index is 11.2. The second-order valence-electron chi connectivity index (χ2n) is 6.92. The summed E-state index contributed by atoms with van der Waals surface area (Å²) in [6.07, 6.45) is 2.53. The van der Waals surface area contributed by atoms with Crippen LogP contribution in [0.1, 0.15) is 19.3 Å². The number of hydrogen-bond donors (Lipinski definition) is 2. The van der Waals surface area contributed by atoms with E-state index in [1.54, 1.807) is 7.05 Å². The molecule has 1 heterocycles. The SMILES string of the molecule is CN=C(NCCOc1cccc2ccccc12)N1CCCC(CC(N)=O)C1.I. The number of fused-ring (bicyclic) bond motifs is 1. The first-order valence-corrected chi connectivity index (χ1v) is 9.52. The Bertz CT molecular complexity index is 807. The fourth-order valence-electron chi connectivity index (χ4n) is 3.69. The summed E-state index contributed by atoms with van der Waals surface area (Å²) < 4.78 is 5.98. The number of ether oxygens (including phenoxy) is 1. The Morgan fingerprint density at radius 1 is 1.29 bits per heavy atom. The second-order valence-corrected chi connectivity index (χ2v) is 6.92. The molecule has 1 aliphatic heterocycles. The molecular weight excluding hydrogens is 467 g/mol. The molecule has 0 bridgehead atoms. The third kappa shape index (κ3) is 5.98. The van der Waals surface area contributed by atoms with Gasteiger partial charge in [0.1, 0.15) is 12.4 Å². The first-order chi connectivity index (χ1) is 13.2. The number of halogens is 1. The van der Waals surface area contributed by atoms with Crippen LogP contribution in [0.15, 0.2) is 47.5 Å². The molecule has 3 N–H and O–H groups in total. The number of amides is 1. The van der Waals surface area contributed by atoms with Gasteiger partial charge < -0.3 is 20.7 Å². The van der Waals surface area contributed by atoms with Crippen LogP contribution in [0.5, 0.6) is 5.75 Å². The number of aliphatic imine (C=N–C) groups is 1. The van der Waals surface area contributed by atoms with E-state index in [-0.39, 0.29) is 29.9 Å². The molecule has 1 atom stereocenters. The smallest absolute Gasteiger partial charge is 0.217 e. The van der Waals surface area contributed by atoms with Gasteiger partial charge in [-0.25, -0.2) is 0 Å². The number of likely N-dealkylation sites (tertiary alicyclic amines) is 1. The Hall–Kier alpha value is -2.03. The molecule has 28 heavy (non-hydrogen) atoms. The number of nitrogens with zero attached hydrogens (tertiary/aromatic N) is 2. The molecule has 152 valence electrons. The van der Waals surface area contributed by atoms with Crippen molar-refractivity contribution in [3.8, 4) is 5.75 Å². The molecular formula is C21H29IN4O2. The van der Waals surface area contributed by atoms with E-state index in [0.29, 0.717) is 25.5 Å². The molecule has 3 rings (SSSR count). The Morgan fingerprint density at radius 2 is 2.07 bits per heavy atom. The fourth-order valence-corrected chi connectivity index (χ4v) is 3.69. The lowest BCUT2D eigenvalue weighted by molar-refractivity contribution is -0.119. The summed E-state index contributed by atoms with van der Waals surface area (Å²) in [4.78, 5) is 17.8. The highest BCUT2D eigenvalue weighted by Gasteiger charge is 2.23. The number of primary amides is 1. The van der Waals surface area contributed by atoms with Gasteiger partial charge in [0.25, 0.3) is 0 Å². The highest BCUT2D eigenvalue weighted by Crippen LogP contribution is 2.25. The van der Waals surface area contributed by atoms with E-state index in [1.807, 2.05) is 24.3 Å². The van der Waals surface area contributed by atoms with Crippen LogP contribution in [-0.2, 0) is 4.79 Å². The van der Waals surface area contributed by atoms with E-state index >= 15 is 0 Å². The highest BCUT2D eigenvalue weighted by atomic mass is 127. The molecule has 0 aliphatic carbocycles. The van der Waals surface area contributed by atoms with Crippen molar-refractivity contribution in [2.45, 2.75) is 19.3 Å². The topological polar surface area (TPSA) is 80.0 Å². The second kappa shape index (κ2) is 11.1. The molecule has 1 unspecified atom stereocenters. The molecule has 1 fully saturated rings. The monoisotopic (exact) mass is 496 g/mol. The van der Waals surface area contributed by atoms with Crippen molar-refractivity contribution in [1.82, 2.24) is 10.2 Å². The molecule has 0 saturated carbocycles. The summed E-state index contributed by atoms with van der Waals surface area (Å²) in [6.45, 7) is 2.96. The molecule has 0 radical (unpaired) electrons. The van der Waals surface area contributed by atoms with Gasteiger partial charge in [0.2, 0.25) is 5.91 Å². The van der Waals surface area contributed by atoms with Crippen LogP contribution in [0.3, 0.4) is 0 Å². The number of carbonyl (C=O) groups excluding carboxylic acids is 1. The van der Waals surface area contributed by atoms with E-state index in [1.165, 1.54) is 5.39 Å². The molecule has 1 amide bonds. The fraction of sp³-hybridized carbons (Fsp3) is 0.429. The van der Waals surface area contributed by atoms with Crippen LogP contribution in [0.25, 0.3) is 10.8 Å². The Morgan fingerprint density at radius 3 is 2.86 bits per heavy atom. The number of nitrogens with one attached hydrogen (secondary N) is 1. The number of guanidine groups is 1. The zero-order valence-corrected chi connectivity index (χ0v) is 18.6. The molecule has 0 aromatic heterocycles.